The van der Waals surface area contributed by atoms with Crippen LogP contribution in [0.25, 0.3) is 0 Å². The number of hydrogen-bond acceptors (Lipinski definition) is 12. The summed E-state index contributed by atoms with van der Waals surface area (Å²) in [4.78, 5) is 79.7. The lowest BCUT2D eigenvalue weighted by atomic mass is 9.76. The Kier molecular flexibility index (Phi) is 13.6. The Bertz CT molecular complexity index is 1440. The van der Waals surface area contributed by atoms with E-state index >= 15 is 0 Å². The van der Waals surface area contributed by atoms with E-state index in [0.29, 0.717) is 38.8 Å². The SMILES string of the molecule is O=C1CC2(CCCC2)CC(=O)N1CCCCN1CCN(c2ncccn2)CC1.O=C1CC2(CCCC2)CC(=O)N1CCCCN1CCN(c2ncccn2)CC1. The van der Waals surface area contributed by atoms with E-state index in [0.717, 1.165) is 129 Å². The van der Waals surface area contributed by atoms with Crippen LogP contribution in [-0.2, 0) is 19.2 Å². The minimum Gasteiger partial charge on any atom is -0.338 e. The summed E-state index contributed by atoms with van der Waals surface area (Å²) in [6.45, 7) is 11.0. The predicted molar refractivity (Wildman–Crippen MR) is 214 cm³/mol. The number of carbonyl (C=O) groups excluding carboxylic acids is 4. The molecule has 14 nitrogen and oxygen atoms in total. The number of hydrogen-bond donors (Lipinski definition) is 0. The molecule has 4 saturated heterocycles. The van der Waals surface area contributed by atoms with Crippen LogP contribution in [-0.4, -0.2) is 142 Å². The van der Waals surface area contributed by atoms with Crippen molar-refractivity contribution in [1.82, 2.24) is 39.5 Å². The molecule has 304 valence electrons. The van der Waals surface area contributed by atoms with Crippen molar-refractivity contribution in [2.45, 2.75) is 103 Å². The quantitative estimate of drug-likeness (QED) is 0.226. The number of nitrogens with zero attached hydrogens (tertiary/aromatic N) is 10. The molecular weight excluding hydrogens is 709 g/mol. The average molecular weight is 771 g/mol. The van der Waals surface area contributed by atoms with E-state index in [9.17, 15) is 19.2 Å². The molecule has 14 heteroatoms. The van der Waals surface area contributed by atoms with Gasteiger partial charge in [0.2, 0.25) is 35.5 Å². The highest BCUT2D eigenvalue weighted by Crippen LogP contribution is 2.48. The summed E-state index contributed by atoms with van der Waals surface area (Å²) in [5.41, 5.74) is 0.0135. The number of anilines is 2. The maximum absolute atomic E-state index is 12.5. The lowest BCUT2D eigenvalue weighted by molar-refractivity contribution is -0.155. The van der Waals surface area contributed by atoms with E-state index < -0.39 is 0 Å². The van der Waals surface area contributed by atoms with Crippen molar-refractivity contribution in [3.05, 3.63) is 36.9 Å². The zero-order chi connectivity index (χ0) is 38.8. The minimum absolute atomic E-state index is 0.00676. The molecule has 0 bridgehead atoms. The Labute approximate surface area is 332 Å². The lowest BCUT2D eigenvalue weighted by Crippen LogP contribution is -2.48. The van der Waals surface area contributed by atoms with Crippen LogP contribution in [0.4, 0.5) is 11.9 Å². The maximum Gasteiger partial charge on any atom is 0.229 e. The number of piperazine rings is 2. The van der Waals surface area contributed by atoms with Crippen molar-refractivity contribution in [3.63, 3.8) is 0 Å². The van der Waals surface area contributed by atoms with Gasteiger partial charge in [-0.05, 0) is 87.4 Å². The second-order valence-corrected chi connectivity index (χ2v) is 17.2. The van der Waals surface area contributed by atoms with E-state index in [-0.39, 0.29) is 34.5 Å². The van der Waals surface area contributed by atoms with Gasteiger partial charge in [0.15, 0.2) is 0 Å². The molecule has 2 aromatic heterocycles. The fourth-order valence-corrected chi connectivity index (χ4v) is 9.99. The second kappa shape index (κ2) is 18.9. The van der Waals surface area contributed by atoms with Gasteiger partial charge in [-0.2, -0.15) is 0 Å². The Balaban J connectivity index is 0.000000172. The molecule has 0 atom stereocenters. The van der Waals surface area contributed by atoms with Crippen LogP contribution in [0, 0.1) is 10.8 Å². The molecule has 2 spiro atoms. The smallest absolute Gasteiger partial charge is 0.229 e. The molecule has 2 aliphatic carbocycles. The largest absolute Gasteiger partial charge is 0.338 e. The van der Waals surface area contributed by atoms with Crippen molar-refractivity contribution in [2.24, 2.45) is 10.8 Å². The second-order valence-electron chi connectivity index (χ2n) is 17.2. The summed E-state index contributed by atoms with van der Waals surface area (Å²) in [6, 6.07) is 3.68. The normalized spacial score (nSPS) is 23.0. The molecule has 0 N–H and O–H groups in total. The number of rotatable bonds is 12. The molecule has 0 unspecified atom stereocenters. The zero-order valence-corrected chi connectivity index (χ0v) is 33.4. The van der Waals surface area contributed by atoms with E-state index in [1.165, 1.54) is 35.5 Å². The fraction of sp³-hybridized carbons (Fsp3) is 0.714. The average Bonchev–Trinajstić information content (AvgIpc) is 3.87. The van der Waals surface area contributed by atoms with Crippen LogP contribution in [0.2, 0.25) is 0 Å². The fourth-order valence-electron chi connectivity index (χ4n) is 9.99. The van der Waals surface area contributed by atoms with Gasteiger partial charge in [0.1, 0.15) is 0 Å². The molecule has 2 saturated carbocycles. The summed E-state index contributed by atoms with van der Waals surface area (Å²) >= 11 is 0. The first-order valence-electron chi connectivity index (χ1n) is 21.5. The molecule has 56 heavy (non-hydrogen) atoms. The van der Waals surface area contributed by atoms with Crippen LogP contribution in [0.3, 0.4) is 0 Å². The van der Waals surface area contributed by atoms with Gasteiger partial charge in [0.05, 0.1) is 0 Å². The van der Waals surface area contributed by atoms with Gasteiger partial charge in [0.25, 0.3) is 0 Å². The molecule has 8 rings (SSSR count). The topological polar surface area (TPSA) is 139 Å². The van der Waals surface area contributed by atoms with Crippen LogP contribution in [0.1, 0.15) is 103 Å². The number of amides is 4. The third-order valence-corrected chi connectivity index (χ3v) is 13.3. The molecule has 0 aromatic carbocycles. The predicted octanol–water partition coefficient (Wildman–Crippen LogP) is 4.18. The molecular formula is C42H62N10O4. The maximum atomic E-state index is 12.5. The molecule has 6 aliphatic rings. The third-order valence-electron chi connectivity index (χ3n) is 13.3. The monoisotopic (exact) mass is 770 g/mol. The Morgan fingerprint density at radius 3 is 1.05 bits per heavy atom. The number of piperidine rings is 2. The van der Waals surface area contributed by atoms with Crippen LogP contribution < -0.4 is 9.80 Å². The van der Waals surface area contributed by atoms with Crippen molar-refractivity contribution < 1.29 is 19.2 Å². The van der Waals surface area contributed by atoms with Gasteiger partial charge in [-0.15, -0.1) is 0 Å². The van der Waals surface area contributed by atoms with Crippen LogP contribution in [0.15, 0.2) is 36.9 Å². The summed E-state index contributed by atoms with van der Waals surface area (Å²) in [5, 5.41) is 0. The molecule has 4 amide bonds. The highest BCUT2D eigenvalue weighted by atomic mass is 16.2. The third kappa shape index (κ3) is 10.3. The first kappa shape index (κ1) is 40.2. The standard InChI is InChI=1S/2C21H31N5O2/c2*27-18-16-21(6-1-2-7-21)17-19(28)26(18)11-4-3-10-24-12-14-25(15-13-24)20-22-8-5-9-23-20/h2*5,8-9H,1-4,6-7,10-17H2. The summed E-state index contributed by atoms with van der Waals surface area (Å²) in [7, 11) is 0. The number of unbranched alkanes of at least 4 members (excludes halogenated alkanes) is 2. The van der Waals surface area contributed by atoms with Gasteiger partial charge in [-0.1, -0.05) is 25.7 Å². The number of carbonyl (C=O) groups is 4. The van der Waals surface area contributed by atoms with E-state index in [2.05, 4.69) is 39.5 Å². The summed E-state index contributed by atoms with van der Waals surface area (Å²) < 4.78 is 0. The van der Waals surface area contributed by atoms with Crippen LogP contribution in [0.5, 0.6) is 0 Å². The van der Waals surface area contributed by atoms with Gasteiger partial charge in [-0.25, -0.2) is 19.9 Å². The molecule has 0 radical (unpaired) electrons. The molecule has 4 aliphatic heterocycles. The van der Waals surface area contributed by atoms with E-state index in [1.807, 2.05) is 12.1 Å². The summed E-state index contributed by atoms with van der Waals surface area (Å²) in [6.07, 6.45) is 22.2. The number of aromatic nitrogens is 4. The van der Waals surface area contributed by atoms with Gasteiger partial charge < -0.3 is 9.80 Å². The lowest BCUT2D eigenvalue weighted by Gasteiger charge is -2.37. The van der Waals surface area contributed by atoms with Crippen molar-refractivity contribution >= 4 is 35.5 Å². The minimum atomic E-state index is 0.00676. The van der Waals surface area contributed by atoms with Crippen molar-refractivity contribution in [1.29, 1.82) is 0 Å². The first-order valence-corrected chi connectivity index (χ1v) is 21.5. The Morgan fingerprint density at radius 1 is 0.429 bits per heavy atom. The molecule has 6 fully saturated rings. The number of likely N-dealkylation sites (tertiary alicyclic amines) is 2. The van der Waals surface area contributed by atoms with E-state index in [1.54, 1.807) is 24.8 Å². The van der Waals surface area contributed by atoms with Crippen molar-refractivity contribution in [3.8, 4) is 0 Å². The highest BCUT2D eigenvalue weighted by Gasteiger charge is 2.46. The van der Waals surface area contributed by atoms with Crippen molar-refractivity contribution in [2.75, 3.05) is 88.3 Å². The Hall–Kier alpha value is -4.04. The summed E-state index contributed by atoms with van der Waals surface area (Å²) in [5.74, 6) is 1.88. The molecule has 6 heterocycles. The van der Waals surface area contributed by atoms with E-state index in [4.69, 9.17) is 0 Å². The van der Waals surface area contributed by atoms with Gasteiger partial charge in [0, 0.05) is 116 Å². The first-order chi connectivity index (χ1) is 27.3. The van der Waals surface area contributed by atoms with Gasteiger partial charge in [-0.3, -0.25) is 38.8 Å². The van der Waals surface area contributed by atoms with Crippen LogP contribution >= 0.6 is 0 Å². The number of imide groups is 2. The zero-order valence-electron chi connectivity index (χ0n) is 33.4. The highest BCUT2D eigenvalue weighted by molar-refractivity contribution is 5.99. The Morgan fingerprint density at radius 2 is 0.732 bits per heavy atom. The molecule has 2 aromatic rings. The van der Waals surface area contributed by atoms with Gasteiger partial charge >= 0.3 is 0 Å².